The summed E-state index contributed by atoms with van der Waals surface area (Å²) in [7, 11) is 1.52. The molecule has 122 valence electrons. The molecule has 0 radical (unpaired) electrons. The molecule has 2 rings (SSSR count). The van der Waals surface area contributed by atoms with Crippen LogP contribution in [0, 0.1) is 0 Å². The first-order valence-electron chi connectivity index (χ1n) is 7.77. The standard InChI is InChI=1S/C16H25N3O3/c1-13(2)19-9-4-6-14(19)16(21)18-8-5-7-17(10-11-18)15(20)12-22-3/h4,6,9,13H,5,7-8,10-12H2,1-3H3. The van der Waals surface area contributed by atoms with Crippen LogP contribution in [0.1, 0.15) is 36.8 Å². The van der Waals surface area contributed by atoms with Crippen LogP contribution in [0.2, 0.25) is 0 Å². The third kappa shape index (κ3) is 3.68. The highest BCUT2D eigenvalue weighted by Crippen LogP contribution is 2.15. The number of amides is 2. The Kier molecular flexibility index (Phi) is 5.60. The molecule has 0 N–H and O–H groups in total. The van der Waals surface area contributed by atoms with Crippen LogP contribution in [0.3, 0.4) is 0 Å². The van der Waals surface area contributed by atoms with Gasteiger partial charge in [-0.15, -0.1) is 0 Å². The first-order valence-corrected chi connectivity index (χ1v) is 7.77. The first-order chi connectivity index (χ1) is 10.5. The van der Waals surface area contributed by atoms with E-state index in [1.165, 1.54) is 7.11 Å². The summed E-state index contributed by atoms with van der Waals surface area (Å²) in [6.45, 7) is 6.71. The van der Waals surface area contributed by atoms with Gasteiger partial charge in [0.05, 0.1) is 0 Å². The van der Waals surface area contributed by atoms with E-state index in [0.717, 1.165) is 6.42 Å². The van der Waals surface area contributed by atoms with Crippen molar-refractivity contribution in [2.45, 2.75) is 26.3 Å². The van der Waals surface area contributed by atoms with Gasteiger partial charge < -0.3 is 19.1 Å². The van der Waals surface area contributed by atoms with Crippen LogP contribution in [0.25, 0.3) is 0 Å². The lowest BCUT2D eigenvalue weighted by Crippen LogP contribution is -2.39. The highest BCUT2D eigenvalue weighted by Gasteiger charge is 2.24. The summed E-state index contributed by atoms with van der Waals surface area (Å²) in [6, 6.07) is 4.02. The molecule has 1 saturated heterocycles. The minimum absolute atomic E-state index is 0.0117. The lowest BCUT2D eigenvalue weighted by Gasteiger charge is -2.23. The van der Waals surface area contributed by atoms with Crippen molar-refractivity contribution in [1.82, 2.24) is 14.4 Å². The third-order valence-corrected chi connectivity index (χ3v) is 3.96. The summed E-state index contributed by atoms with van der Waals surface area (Å²) < 4.78 is 6.89. The molecule has 1 fully saturated rings. The van der Waals surface area contributed by atoms with E-state index in [1.54, 1.807) is 4.90 Å². The first kappa shape index (κ1) is 16.5. The van der Waals surface area contributed by atoms with E-state index >= 15 is 0 Å². The number of ether oxygens (including phenoxy) is 1. The lowest BCUT2D eigenvalue weighted by molar-refractivity contribution is -0.135. The maximum absolute atomic E-state index is 12.7. The smallest absolute Gasteiger partial charge is 0.270 e. The molecule has 1 aliphatic heterocycles. The zero-order valence-corrected chi connectivity index (χ0v) is 13.6. The fraction of sp³-hybridized carbons (Fsp3) is 0.625. The van der Waals surface area contributed by atoms with Gasteiger partial charge in [0.2, 0.25) is 5.91 Å². The van der Waals surface area contributed by atoms with E-state index in [4.69, 9.17) is 4.74 Å². The largest absolute Gasteiger partial charge is 0.375 e. The molecule has 0 bridgehead atoms. The summed E-state index contributed by atoms with van der Waals surface area (Å²) >= 11 is 0. The van der Waals surface area contributed by atoms with Gasteiger partial charge in [0.15, 0.2) is 0 Å². The molecule has 0 aromatic carbocycles. The van der Waals surface area contributed by atoms with Crippen molar-refractivity contribution in [2.75, 3.05) is 39.9 Å². The maximum atomic E-state index is 12.7. The highest BCUT2D eigenvalue weighted by molar-refractivity contribution is 5.93. The topological polar surface area (TPSA) is 54.8 Å². The van der Waals surface area contributed by atoms with E-state index < -0.39 is 0 Å². The molecule has 6 heteroatoms. The number of hydrogen-bond donors (Lipinski definition) is 0. The van der Waals surface area contributed by atoms with E-state index in [0.29, 0.717) is 31.9 Å². The fourth-order valence-electron chi connectivity index (χ4n) is 2.77. The predicted molar refractivity (Wildman–Crippen MR) is 83.8 cm³/mol. The van der Waals surface area contributed by atoms with Gasteiger partial charge in [0, 0.05) is 45.5 Å². The summed E-state index contributed by atoms with van der Waals surface area (Å²) in [5.74, 6) is 0.0297. The van der Waals surface area contributed by atoms with E-state index in [1.807, 2.05) is 27.8 Å². The molecule has 2 amide bonds. The molecule has 0 aliphatic carbocycles. The molecule has 0 spiro atoms. The molecule has 2 heterocycles. The zero-order chi connectivity index (χ0) is 16.1. The van der Waals surface area contributed by atoms with Crippen molar-refractivity contribution in [3.8, 4) is 0 Å². The normalized spacial score (nSPS) is 16.0. The van der Waals surface area contributed by atoms with Gasteiger partial charge in [-0.1, -0.05) is 0 Å². The van der Waals surface area contributed by atoms with Gasteiger partial charge in [-0.25, -0.2) is 0 Å². The lowest BCUT2D eigenvalue weighted by atomic mass is 10.3. The average Bonchev–Trinajstić information content (AvgIpc) is 2.84. The molecule has 1 aliphatic rings. The van der Waals surface area contributed by atoms with Crippen molar-refractivity contribution >= 4 is 11.8 Å². The van der Waals surface area contributed by atoms with Crippen LogP contribution in [-0.2, 0) is 9.53 Å². The zero-order valence-electron chi connectivity index (χ0n) is 13.6. The number of methoxy groups -OCH3 is 1. The highest BCUT2D eigenvalue weighted by atomic mass is 16.5. The Morgan fingerprint density at radius 1 is 1.18 bits per heavy atom. The number of hydrogen-bond acceptors (Lipinski definition) is 3. The molecular formula is C16H25N3O3. The minimum atomic E-state index is -0.0117. The number of rotatable bonds is 4. The van der Waals surface area contributed by atoms with Gasteiger partial charge in [0.25, 0.3) is 5.91 Å². The van der Waals surface area contributed by atoms with Crippen molar-refractivity contribution < 1.29 is 14.3 Å². The van der Waals surface area contributed by atoms with E-state index in [2.05, 4.69) is 13.8 Å². The van der Waals surface area contributed by atoms with Crippen LogP contribution in [0.4, 0.5) is 0 Å². The van der Waals surface area contributed by atoms with Crippen molar-refractivity contribution in [2.24, 2.45) is 0 Å². The molecule has 1 aromatic rings. The van der Waals surface area contributed by atoms with Crippen molar-refractivity contribution in [3.05, 3.63) is 24.0 Å². The SMILES string of the molecule is COCC(=O)N1CCCN(C(=O)c2cccn2C(C)C)CC1. The van der Waals surface area contributed by atoms with Crippen LogP contribution in [0.5, 0.6) is 0 Å². The van der Waals surface area contributed by atoms with Crippen LogP contribution < -0.4 is 0 Å². The second kappa shape index (κ2) is 7.45. The Bertz CT molecular complexity index is 524. The molecule has 0 unspecified atom stereocenters. The average molecular weight is 307 g/mol. The fourth-order valence-corrected chi connectivity index (χ4v) is 2.77. The Balaban J connectivity index is 2.03. The number of nitrogens with zero attached hydrogens (tertiary/aromatic N) is 3. The molecule has 0 saturated carbocycles. The van der Waals surface area contributed by atoms with Crippen molar-refractivity contribution in [1.29, 1.82) is 0 Å². The van der Waals surface area contributed by atoms with Gasteiger partial charge in [-0.2, -0.15) is 0 Å². The monoisotopic (exact) mass is 307 g/mol. The van der Waals surface area contributed by atoms with Gasteiger partial charge in [0.1, 0.15) is 12.3 Å². The number of aromatic nitrogens is 1. The van der Waals surface area contributed by atoms with Gasteiger partial charge >= 0.3 is 0 Å². The van der Waals surface area contributed by atoms with Gasteiger partial charge in [-0.3, -0.25) is 9.59 Å². The Morgan fingerprint density at radius 3 is 2.55 bits per heavy atom. The van der Waals surface area contributed by atoms with Crippen LogP contribution in [-0.4, -0.2) is 66.1 Å². The molecule has 22 heavy (non-hydrogen) atoms. The van der Waals surface area contributed by atoms with Crippen LogP contribution >= 0.6 is 0 Å². The van der Waals surface area contributed by atoms with E-state index in [-0.39, 0.29) is 24.5 Å². The summed E-state index contributed by atoms with van der Waals surface area (Å²) in [5.41, 5.74) is 0.715. The summed E-state index contributed by atoms with van der Waals surface area (Å²) in [5, 5.41) is 0. The molecule has 6 nitrogen and oxygen atoms in total. The van der Waals surface area contributed by atoms with E-state index in [9.17, 15) is 9.59 Å². The quantitative estimate of drug-likeness (QED) is 0.844. The molecular weight excluding hydrogens is 282 g/mol. The predicted octanol–water partition coefficient (Wildman–Crippen LogP) is 1.39. The Morgan fingerprint density at radius 2 is 1.86 bits per heavy atom. The summed E-state index contributed by atoms with van der Waals surface area (Å²) in [4.78, 5) is 28.2. The van der Waals surface area contributed by atoms with Crippen LogP contribution in [0.15, 0.2) is 18.3 Å². The van der Waals surface area contributed by atoms with Gasteiger partial charge in [-0.05, 0) is 32.4 Å². The molecule has 1 aromatic heterocycles. The second-order valence-corrected chi connectivity index (χ2v) is 5.85. The number of carbonyl (C=O) groups is 2. The third-order valence-electron chi connectivity index (χ3n) is 3.96. The molecule has 0 atom stereocenters. The Hall–Kier alpha value is -1.82. The summed E-state index contributed by atoms with van der Waals surface area (Å²) in [6.07, 6.45) is 2.73. The minimum Gasteiger partial charge on any atom is -0.375 e. The maximum Gasteiger partial charge on any atom is 0.270 e. The van der Waals surface area contributed by atoms with Crippen molar-refractivity contribution in [3.63, 3.8) is 0 Å². The number of carbonyl (C=O) groups excluding carboxylic acids is 2. The Labute approximate surface area is 131 Å². The second-order valence-electron chi connectivity index (χ2n) is 5.85.